The summed E-state index contributed by atoms with van der Waals surface area (Å²) < 4.78 is 5.17. The van der Waals surface area contributed by atoms with Crippen LogP contribution in [0.5, 0.6) is 5.75 Å². The van der Waals surface area contributed by atoms with Crippen molar-refractivity contribution in [3.63, 3.8) is 0 Å². The summed E-state index contributed by atoms with van der Waals surface area (Å²) in [6, 6.07) is 3.03. The molecular weight excluding hydrogens is 242 g/mol. The van der Waals surface area contributed by atoms with E-state index in [9.17, 15) is 4.79 Å². The maximum Gasteiger partial charge on any atom is 0.305 e. The number of aliphatic carboxylic acids is 1. The van der Waals surface area contributed by atoms with Gasteiger partial charge in [-0.3, -0.25) is 4.79 Å². The van der Waals surface area contributed by atoms with E-state index in [1.165, 1.54) is 7.11 Å². The van der Waals surface area contributed by atoms with Crippen molar-refractivity contribution in [2.75, 3.05) is 7.11 Å². The van der Waals surface area contributed by atoms with E-state index in [0.29, 0.717) is 16.3 Å². The zero-order chi connectivity index (χ0) is 13.0. The fraction of sp³-hybridized carbons (Fsp3) is 0.417. The number of aryl methyl sites for hydroxylation is 1. The van der Waals surface area contributed by atoms with E-state index in [2.05, 4.69) is 0 Å². The van der Waals surface area contributed by atoms with Crippen molar-refractivity contribution in [3.8, 4) is 5.75 Å². The number of carbonyl (C=O) groups is 1. The van der Waals surface area contributed by atoms with E-state index >= 15 is 0 Å². The maximum absolute atomic E-state index is 10.7. The van der Waals surface area contributed by atoms with Crippen molar-refractivity contribution in [1.29, 1.82) is 0 Å². The first-order valence-corrected chi connectivity index (χ1v) is 5.71. The van der Waals surface area contributed by atoms with Gasteiger partial charge in [-0.05, 0) is 18.1 Å². The smallest absolute Gasteiger partial charge is 0.305 e. The summed E-state index contributed by atoms with van der Waals surface area (Å²) in [5.41, 5.74) is 7.49. The topological polar surface area (TPSA) is 72.5 Å². The zero-order valence-electron chi connectivity index (χ0n) is 9.87. The first-order valence-electron chi connectivity index (χ1n) is 5.33. The van der Waals surface area contributed by atoms with Crippen molar-refractivity contribution in [3.05, 3.63) is 28.3 Å². The zero-order valence-corrected chi connectivity index (χ0v) is 10.6. The van der Waals surface area contributed by atoms with E-state index in [-0.39, 0.29) is 6.42 Å². The SMILES string of the molecule is CCc1cc(Cl)c(OC)c(C(N)CC(=O)O)c1. The Morgan fingerprint density at radius 3 is 2.71 bits per heavy atom. The molecule has 4 nitrogen and oxygen atoms in total. The molecule has 0 bridgehead atoms. The van der Waals surface area contributed by atoms with E-state index in [1.54, 1.807) is 6.07 Å². The van der Waals surface area contributed by atoms with Crippen LogP contribution in [0.15, 0.2) is 12.1 Å². The van der Waals surface area contributed by atoms with Gasteiger partial charge >= 0.3 is 5.97 Å². The Morgan fingerprint density at radius 1 is 1.59 bits per heavy atom. The number of carboxylic acids is 1. The Labute approximate surface area is 105 Å². The Hall–Kier alpha value is -1.26. The Bertz CT molecular complexity index is 420. The molecule has 0 saturated carbocycles. The van der Waals surface area contributed by atoms with Crippen molar-refractivity contribution >= 4 is 17.6 Å². The van der Waals surface area contributed by atoms with Gasteiger partial charge in [0.05, 0.1) is 18.6 Å². The normalized spacial score (nSPS) is 12.2. The van der Waals surface area contributed by atoms with Crippen molar-refractivity contribution in [1.82, 2.24) is 0 Å². The van der Waals surface area contributed by atoms with Gasteiger partial charge in [0.2, 0.25) is 0 Å². The van der Waals surface area contributed by atoms with E-state index in [0.717, 1.165) is 12.0 Å². The lowest BCUT2D eigenvalue weighted by molar-refractivity contribution is -0.137. The van der Waals surface area contributed by atoms with Crippen molar-refractivity contribution in [2.45, 2.75) is 25.8 Å². The number of methoxy groups -OCH3 is 1. The molecule has 1 aromatic carbocycles. The van der Waals surface area contributed by atoms with Gasteiger partial charge in [0, 0.05) is 11.6 Å². The number of benzene rings is 1. The van der Waals surface area contributed by atoms with Crippen LogP contribution in [0.2, 0.25) is 5.02 Å². The lowest BCUT2D eigenvalue weighted by atomic mass is 10.00. The van der Waals surface area contributed by atoms with Crippen LogP contribution in [0, 0.1) is 0 Å². The van der Waals surface area contributed by atoms with Crippen molar-refractivity contribution in [2.24, 2.45) is 5.73 Å². The highest BCUT2D eigenvalue weighted by molar-refractivity contribution is 6.32. The third kappa shape index (κ3) is 3.35. The number of carboxylic acid groups (broad SMARTS) is 1. The molecule has 0 fully saturated rings. The number of hydrogen-bond donors (Lipinski definition) is 2. The van der Waals surface area contributed by atoms with Crippen LogP contribution in [-0.4, -0.2) is 18.2 Å². The van der Waals surface area contributed by atoms with Gasteiger partial charge < -0.3 is 15.6 Å². The second-order valence-electron chi connectivity index (χ2n) is 3.76. The van der Waals surface area contributed by atoms with Crippen LogP contribution in [0.3, 0.4) is 0 Å². The number of halogens is 1. The number of rotatable bonds is 5. The molecular formula is C12H16ClNO3. The summed E-state index contributed by atoms with van der Waals surface area (Å²) >= 11 is 6.07. The van der Waals surface area contributed by atoms with Crippen LogP contribution in [-0.2, 0) is 11.2 Å². The molecule has 0 aromatic heterocycles. The van der Waals surface area contributed by atoms with E-state index in [1.807, 2.05) is 13.0 Å². The van der Waals surface area contributed by atoms with Gasteiger partial charge in [-0.1, -0.05) is 24.6 Å². The Balaban J connectivity index is 3.18. The standard InChI is InChI=1S/C12H16ClNO3/c1-3-7-4-8(10(14)6-11(15)16)12(17-2)9(13)5-7/h4-5,10H,3,6,14H2,1-2H3,(H,15,16). The van der Waals surface area contributed by atoms with E-state index in [4.69, 9.17) is 27.2 Å². The van der Waals surface area contributed by atoms with Crippen LogP contribution >= 0.6 is 11.6 Å². The fourth-order valence-corrected chi connectivity index (χ4v) is 1.99. The van der Waals surface area contributed by atoms with Crippen molar-refractivity contribution < 1.29 is 14.6 Å². The third-order valence-electron chi connectivity index (χ3n) is 2.54. The first kappa shape index (κ1) is 13.8. The molecule has 1 atom stereocenters. The number of nitrogens with two attached hydrogens (primary N) is 1. The summed E-state index contributed by atoms with van der Waals surface area (Å²) in [5, 5.41) is 9.21. The molecule has 0 aliphatic rings. The Kier molecular flexibility index (Phi) is 4.78. The van der Waals surface area contributed by atoms with Gasteiger partial charge in [0.15, 0.2) is 0 Å². The van der Waals surface area contributed by atoms with Gasteiger partial charge in [0.1, 0.15) is 5.75 Å². The minimum Gasteiger partial charge on any atom is -0.495 e. The first-order chi connectivity index (χ1) is 7.99. The second-order valence-corrected chi connectivity index (χ2v) is 4.17. The molecule has 0 aliphatic carbocycles. The molecule has 17 heavy (non-hydrogen) atoms. The average molecular weight is 258 g/mol. The molecule has 1 aromatic rings. The fourth-order valence-electron chi connectivity index (χ4n) is 1.67. The highest BCUT2D eigenvalue weighted by Gasteiger charge is 2.18. The lowest BCUT2D eigenvalue weighted by Crippen LogP contribution is -2.16. The number of hydrogen-bond acceptors (Lipinski definition) is 3. The van der Waals surface area contributed by atoms with Gasteiger partial charge in [-0.25, -0.2) is 0 Å². The molecule has 0 saturated heterocycles. The molecule has 3 N–H and O–H groups in total. The predicted molar refractivity (Wildman–Crippen MR) is 66.6 cm³/mol. The van der Waals surface area contributed by atoms with Gasteiger partial charge in [-0.15, -0.1) is 0 Å². The largest absolute Gasteiger partial charge is 0.495 e. The predicted octanol–water partition coefficient (Wildman–Crippen LogP) is 2.39. The highest BCUT2D eigenvalue weighted by Crippen LogP contribution is 2.34. The molecule has 0 heterocycles. The van der Waals surface area contributed by atoms with Crippen LogP contribution in [0.1, 0.15) is 30.5 Å². The summed E-state index contributed by atoms with van der Waals surface area (Å²) in [4.78, 5) is 10.7. The molecule has 0 radical (unpaired) electrons. The van der Waals surface area contributed by atoms with Crippen LogP contribution in [0.25, 0.3) is 0 Å². The van der Waals surface area contributed by atoms with E-state index < -0.39 is 12.0 Å². The summed E-state index contributed by atoms with van der Waals surface area (Å²) in [7, 11) is 1.49. The summed E-state index contributed by atoms with van der Waals surface area (Å²) in [6.45, 7) is 1.99. The minimum absolute atomic E-state index is 0.153. The maximum atomic E-state index is 10.7. The third-order valence-corrected chi connectivity index (χ3v) is 2.82. The lowest BCUT2D eigenvalue weighted by Gasteiger charge is -2.16. The quantitative estimate of drug-likeness (QED) is 0.850. The molecule has 0 amide bonds. The highest BCUT2D eigenvalue weighted by atomic mass is 35.5. The number of ether oxygens (including phenoxy) is 1. The van der Waals surface area contributed by atoms with Gasteiger partial charge in [0.25, 0.3) is 0 Å². The molecule has 1 unspecified atom stereocenters. The summed E-state index contributed by atoms with van der Waals surface area (Å²) in [6.07, 6.45) is 0.649. The molecule has 5 heteroatoms. The average Bonchev–Trinajstić information content (AvgIpc) is 2.26. The van der Waals surface area contributed by atoms with Crippen LogP contribution < -0.4 is 10.5 Å². The molecule has 1 rings (SSSR count). The molecule has 0 aliphatic heterocycles. The minimum atomic E-state index is -0.947. The Morgan fingerprint density at radius 2 is 2.24 bits per heavy atom. The molecule has 94 valence electrons. The summed E-state index contributed by atoms with van der Waals surface area (Å²) in [5.74, 6) is -0.491. The van der Waals surface area contributed by atoms with Crippen LogP contribution in [0.4, 0.5) is 0 Å². The second kappa shape index (κ2) is 5.89. The molecule has 0 spiro atoms. The van der Waals surface area contributed by atoms with Gasteiger partial charge in [-0.2, -0.15) is 0 Å². The monoisotopic (exact) mass is 257 g/mol.